The summed E-state index contributed by atoms with van der Waals surface area (Å²) in [5.41, 5.74) is 1.83. The van der Waals surface area contributed by atoms with Gasteiger partial charge in [0.25, 0.3) is 0 Å². The first-order valence-corrected chi connectivity index (χ1v) is 6.49. The van der Waals surface area contributed by atoms with Crippen LogP contribution in [0.15, 0.2) is 48.7 Å². The third-order valence-corrected chi connectivity index (χ3v) is 3.61. The van der Waals surface area contributed by atoms with Crippen LogP contribution in [0.4, 0.5) is 4.39 Å². The van der Waals surface area contributed by atoms with Crippen molar-refractivity contribution in [3.8, 4) is 6.07 Å². The smallest absolute Gasteiger partial charge is 0.129 e. The van der Waals surface area contributed by atoms with Crippen molar-refractivity contribution in [2.45, 2.75) is 6.54 Å². The zero-order valence-corrected chi connectivity index (χ0v) is 11.2. The van der Waals surface area contributed by atoms with Crippen LogP contribution in [0.3, 0.4) is 0 Å². The van der Waals surface area contributed by atoms with Crippen LogP contribution >= 0.6 is 11.6 Å². The molecule has 2 nitrogen and oxygen atoms in total. The Kier molecular flexibility index (Phi) is 3.17. The molecule has 0 N–H and O–H groups in total. The Labute approximate surface area is 120 Å². The van der Waals surface area contributed by atoms with Crippen molar-refractivity contribution in [1.29, 1.82) is 5.26 Å². The maximum atomic E-state index is 13.9. The van der Waals surface area contributed by atoms with E-state index in [-0.39, 0.29) is 5.82 Å². The molecule has 1 heterocycles. The predicted octanol–water partition coefficient (Wildman–Crippen LogP) is 4.35. The fourth-order valence-electron chi connectivity index (χ4n) is 2.25. The molecule has 0 aliphatic heterocycles. The van der Waals surface area contributed by atoms with Gasteiger partial charge in [0.2, 0.25) is 0 Å². The fraction of sp³-hybridized carbons (Fsp3) is 0.0625. The summed E-state index contributed by atoms with van der Waals surface area (Å²) in [6.07, 6.45) is 1.88. The first-order valence-electron chi connectivity index (χ1n) is 6.11. The number of fused-ring (bicyclic) bond motifs is 1. The summed E-state index contributed by atoms with van der Waals surface area (Å²) < 4.78 is 15.9. The van der Waals surface area contributed by atoms with Gasteiger partial charge in [0, 0.05) is 27.7 Å². The first-order chi connectivity index (χ1) is 9.69. The zero-order valence-electron chi connectivity index (χ0n) is 10.5. The van der Waals surface area contributed by atoms with Crippen LogP contribution in [0.5, 0.6) is 0 Å². The van der Waals surface area contributed by atoms with E-state index >= 15 is 0 Å². The van der Waals surface area contributed by atoms with Crippen molar-refractivity contribution in [3.63, 3.8) is 0 Å². The highest BCUT2D eigenvalue weighted by molar-refractivity contribution is 6.35. The summed E-state index contributed by atoms with van der Waals surface area (Å²) in [6.45, 7) is 0.404. The summed E-state index contributed by atoms with van der Waals surface area (Å²) in [6, 6.07) is 14.0. The lowest BCUT2D eigenvalue weighted by atomic mass is 10.1. The summed E-state index contributed by atoms with van der Waals surface area (Å²) in [7, 11) is 0. The fourth-order valence-corrected chi connectivity index (χ4v) is 2.48. The number of hydrogen-bond acceptors (Lipinski definition) is 1. The van der Waals surface area contributed by atoms with Gasteiger partial charge >= 0.3 is 0 Å². The highest BCUT2D eigenvalue weighted by Crippen LogP contribution is 2.25. The standard InChI is InChI=1S/C16H10ClFN2/c17-14-2-1-3-16-13(14)6-7-20(16)10-12-5-4-11(9-19)8-15(12)18/h1-8H,10H2. The SMILES string of the molecule is N#Cc1ccc(Cn2ccc3c(Cl)cccc32)c(F)c1. The molecule has 0 amide bonds. The molecular weight excluding hydrogens is 275 g/mol. The number of hydrogen-bond donors (Lipinski definition) is 0. The van der Waals surface area contributed by atoms with Gasteiger partial charge in [-0.2, -0.15) is 5.26 Å². The molecule has 3 rings (SSSR count). The van der Waals surface area contributed by atoms with E-state index in [0.717, 1.165) is 10.9 Å². The molecule has 0 saturated heterocycles. The third kappa shape index (κ3) is 2.15. The number of halogens is 2. The first kappa shape index (κ1) is 12.7. The minimum absolute atomic E-state index is 0.326. The van der Waals surface area contributed by atoms with Gasteiger partial charge in [-0.15, -0.1) is 0 Å². The zero-order chi connectivity index (χ0) is 14.1. The molecule has 0 bridgehead atoms. The van der Waals surface area contributed by atoms with Crippen LogP contribution in [0.2, 0.25) is 5.02 Å². The van der Waals surface area contributed by atoms with Crippen molar-refractivity contribution in [3.05, 3.63) is 70.6 Å². The number of nitriles is 1. The van der Waals surface area contributed by atoms with Gasteiger partial charge in [-0.25, -0.2) is 4.39 Å². The number of aromatic nitrogens is 1. The highest BCUT2D eigenvalue weighted by Gasteiger charge is 2.08. The monoisotopic (exact) mass is 284 g/mol. The molecule has 0 aliphatic rings. The van der Waals surface area contributed by atoms with Crippen LogP contribution in [0.25, 0.3) is 10.9 Å². The molecule has 4 heteroatoms. The maximum absolute atomic E-state index is 13.9. The molecule has 0 fully saturated rings. The molecule has 0 unspecified atom stereocenters. The molecule has 1 aromatic heterocycles. The van der Waals surface area contributed by atoms with Gasteiger partial charge in [0.1, 0.15) is 5.82 Å². The van der Waals surface area contributed by atoms with Gasteiger partial charge in [-0.1, -0.05) is 23.7 Å². The lowest BCUT2D eigenvalue weighted by Crippen LogP contribution is -2.00. The van der Waals surface area contributed by atoms with E-state index in [1.54, 1.807) is 12.1 Å². The van der Waals surface area contributed by atoms with Crippen LogP contribution in [0, 0.1) is 17.1 Å². The molecule has 0 radical (unpaired) electrons. The molecule has 0 spiro atoms. The lowest BCUT2D eigenvalue weighted by molar-refractivity contribution is 0.601. The quantitative estimate of drug-likeness (QED) is 0.687. The Morgan fingerprint density at radius 2 is 2.05 bits per heavy atom. The molecule has 0 atom stereocenters. The highest BCUT2D eigenvalue weighted by atomic mass is 35.5. The van der Waals surface area contributed by atoms with E-state index in [4.69, 9.17) is 16.9 Å². The predicted molar refractivity (Wildman–Crippen MR) is 77.2 cm³/mol. The largest absolute Gasteiger partial charge is 0.343 e. The lowest BCUT2D eigenvalue weighted by Gasteiger charge is -2.07. The second-order valence-corrected chi connectivity index (χ2v) is 4.94. The number of nitrogens with zero attached hydrogens (tertiary/aromatic N) is 2. The second kappa shape index (κ2) is 4.99. The summed E-state index contributed by atoms with van der Waals surface area (Å²) in [4.78, 5) is 0. The van der Waals surface area contributed by atoms with Crippen molar-refractivity contribution >= 4 is 22.5 Å². The van der Waals surface area contributed by atoms with Crippen LogP contribution < -0.4 is 0 Å². The normalized spacial score (nSPS) is 10.7. The van der Waals surface area contributed by atoms with Crippen molar-refractivity contribution in [2.75, 3.05) is 0 Å². The Balaban J connectivity index is 2.02. The summed E-state index contributed by atoms with van der Waals surface area (Å²) in [5.74, 6) is -0.368. The molecule has 20 heavy (non-hydrogen) atoms. The van der Waals surface area contributed by atoms with Crippen LogP contribution in [-0.2, 0) is 6.54 Å². The number of rotatable bonds is 2. The van der Waals surface area contributed by atoms with Gasteiger partial charge in [-0.05, 0) is 30.3 Å². The van der Waals surface area contributed by atoms with E-state index < -0.39 is 0 Å². The molecule has 98 valence electrons. The van der Waals surface area contributed by atoms with Crippen molar-refractivity contribution in [2.24, 2.45) is 0 Å². The molecule has 2 aromatic carbocycles. The number of benzene rings is 2. The Morgan fingerprint density at radius 3 is 2.80 bits per heavy atom. The average molecular weight is 285 g/mol. The molecule has 0 aliphatic carbocycles. The molecule has 3 aromatic rings. The van der Waals surface area contributed by atoms with Crippen LogP contribution in [0.1, 0.15) is 11.1 Å². The summed E-state index contributed by atoms with van der Waals surface area (Å²) >= 11 is 6.12. The third-order valence-electron chi connectivity index (χ3n) is 3.28. The van der Waals surface area contributed by atoms with Gasteiger partial charge in [0.15, 0.2) is 0 Å². The van der Waals surface area contributed by atoms with Crippen molar-refractivity contribution in [1.82, 2.24) is 4.57 Å². The topological polar surface area (TPSA) is 28.7 Å². The summed E-state index contributed by atoms with van der Waals surface area (Å²) in [5, 5.41) is 10.4. The van der Waals surface area contributed by atoms with Gasteiger partial charge in [-0.3, -0.25) is 0 Å². The maximum Gasteiger partial charge on any atom is 0.129 e. The van der Waals surface area contributed by atoms with E-state index in [1.807, 2.05) is 41.1 Å². The van der Waals surface area contributed by atoms with E-state index in [9.17, 15) is 4.39 Å². The minimum atomic E-state index is -0.368. The Bertz CT molecular complexity index is 830. The Hall–Kier alpha value is -2.31. The van der Waals surface area contributed by atoms with Gasteiger partial charge in [0.05, 0.1) is 18.2 Å². The van der Waals surface area contributed by atoms with E-state index in [2.05, 4.69) is 0 Å². The Morgan fingerprint density at radius 1 is 1.20 bits per heavy atom. The van der Waals surface area contributed by atoms with E-state index in [0.29, 0.717) is 22.7 Å². The second-order valence-electron chi connectivity index (χ2n) is 4.53. The molecule has 0 saturated carbocycles. The van der Waals surface area contributed by atoms with Gasteiger partial charge < -0.3 is 4.57 Å². The molecular formula is C16H10ClFN2. The van der Waals surface area contributed by atoms with E-state index in [1.165, 1.54) is 6.07 Å². The average Bonchev–Trinajstić information content (AvgIpc) is 2.86. The van der Waals surface area contributed by atoms with Crippen molar-refractivity contribution < 1.29 is 4.39 Å². The van der Waals surface area contributed by atoms with Crippen LogP contribution in [-0.4, -0.2) is 4.57 Å². The minimum Gasteiger partial charge on any atom is -0.343 e.